The molecule has 202 valence electrons. The Morgan fingerprint density at radius 2 is 1.75 bits per heavy atom. The van der Waals surface area contributed by atoms with E-state index >= 15 is 0 Å². The fraction of sp³-hybridized carbons (Fsp3) is 0.600. The second-order valence-electron chi connectivity index (χ2n) is 7.82. The number of rotatable bonds is 17. The highest BCUT2D eigenvalue weighted by atomic mass is 32.2. The van der Waals surface area contributed by atoms with Crippen molar-refractivity contribution in [1.29, 1.82) is 0 Å². The molecule has 0 bridgehead atoms. The predicted molar refractivity (Wildman–Crippen MR) is 140 cm³/mol. The standard InChI is InChI=1S/C20H35N9O5S2/c1-36-6-4-13(27-16(30)12(21)3-2-5-25-20(22)23)17(31)28-14(7-11-8-24-10-26-11)18(32)29-15(9-35)19(33)34/h8,10,12-15,35H,2-7,9,21H2,1H3,(H,24,26)(H,27,30)(H,28,31)(H,29,32)(H,33,34)(H4,22,23,25). The molecule has 0 aliphatic heterocycles. The molecule has 0 aromatic carbocycles. The van der Waals surface area contributed by atoms with Gasteiger partial charge in [-0.05, 0) is 31.3 Å². The smallest absolute Gasteiger partial charge is 0.327 e. The lowest BCUT2D eigenvalue weighted by Crippen LogP contribution is -2.58. The molecule has 1 rings (SSSR count). The number of nitrogens with zero attached hydrogens (tertiary/aromatic N) is 2. The van der Waals surface area contributed by atoms with E-state index in [2.05, 4.69) is 43.5 Å². The molecule has 14 nitrogen and oxygen atoms in total. The minimum absolute atomic E-state index is 0.0178. The van der Waals surface area contributed by atoms with E-state index in [1.807, 2.05) is 6.26 Å². The van der Waals surface area contributed by atoms with Crippen LogP contribution in [-0.4, -0.2) is 93.2 Å². The molecule has 16 heteroatoms. The van der Waals surface area contributed by atoms with Crippen molar-refractivity contribution >= 4 is 54.0 Å². The third-order valence-corrected chi connectivity index (χ3v) is 5.97. The number of thiol groups is 1. The van der Waals surface area contributed by atoms with Gasteiger partial charge in [0.25, 0.3) is 0 Å². The molecule has 0 spiro atoms. The van der Waals surface area contributed by atoms with Crippen LogP contribution in [0.2, 0.25) is 0 Å². The van der Waals surface area contributed by atoms with E-state index in [0.717, 1.165) is 0 Å². The summed E-state index contributed by atoms with van der Waals surface area (Å²) in [6.45, 7) is 0.313. The Kier molecular flexibility index (Phi) is 14.4. The molecule has 1 aromatic rings. The van der Waals surface area contributed by atoms with Crippen molar-refractivity contribution in [2.24, 2.45) is 22.2 Å². The molecule has 0 fully saturated rings. The van der Waals surface area contributed by atoms with E-state index in [4.69, 9.17) is 17.2 Å². The van der Waals surface area contributed by atoms with Gasteiger partial charge in [0.15, 0.2) is 5.96 Å². The number of nitrogens with two attached hydrogens (primary N) is 3. The minimum atomic E-state index is -1.26. The first-order valence-electron chi connectivity index (χ1n) is 11.1. The SMILES string of the molecule is CSCCC(NC(=O)C(N)CCCN=C(N)N)C(=O)NC(Cc1cnc[nH]1)C(=O)NC(CS)C(=O)O. The molecule has 36 heavy (non-hydrogen) atoms. The highest BCUT2D eigenvalue weighted by Gasteiger charge is 2.30. The first-order chi connectivity index (χ1) is 17.1. The topological polar surface area (TPSA) is 244 Å². The second-order valence-corrected chi connectivity index (χ2v) is 9.17. The van der Waals surface area contributed by atoms with Crippen LogP contribution in [-0.2, 0) is 25.6 Å². The maximum absolute atomic E-state index is 13.1. The zero-order chi connectivity index (χ0) is 27.1. The number of aliphatic imine (C=N–C) groups is 1. The Labute approximate surface area is 218 Å². The van der Waals surface area contributed by atoms with Crippen LogP contribution in [0.4, 0.5) is 0 Å². The molecular weight excluding hydrogens is 510 g/mol. The molecule has 4 atom stereocenters. The maximum Gasteiger partial charge on any atom is 0.327 e. The van der Waals surface area contributed by atoms with Gasteiger partial charge >= 0.3 is 5.97 Å². The average molecular weight is 546 g/mol. The molecule has 0 aliphatic carbocycles. The number of aromatic amines is 1. The summed E-state index contributed by atoms with van der Waals surface area (Å²) in [4.78, 5) is 60.5. The quantitative estimate of drug-likeness (QED) is 0.0433. The van der Waals surface area contributed by atoms with Crippen molar-refractivity contribution in [2.75, 3.05) is 24.3 Å². The zero-order valence-corrected chi connectivity index (χ0v) is 21.7. The highest BCUT2D eigenvalue weighted by Crippen LogP contribution is 2.06. The molecule has 0 aliphatic rings. The van der Waals surface area contributed by atoms with Crippen molar-refractivity contribution in [3.8, 4) is 0 Å². The molecule has 1 heterocycles. The van der Waals surface area contributed by atoms with E-state index in [1.54, 1.807) is 0 Å². The number of nitrogens with one attached hydrogen (secondary N) is 4. The van der Waals surface area contributed by atoms with Gasteiger partial charge in [0.1, 0.15) is 18.1 Å². The Balaban J connectivity index is 2.92. The summed E-state index contributed by atoms with van der Waals surface area (Å²) in [6, 6.07) is -4.24. The van der Waals surface area contributed by atoms with Gasteiger partial charge in [0.2, 0.25) is 17.7 Å². The van der Waals surface area contributed by atoms with Crippen LogP contribution in [0.25, 0.3) is 0 Å². The number of amides is 3. The molecule has 3 amide bonds. The lowest BCUT2D eigenvalue weighted by molar-refractivity contribution is -0.141. The number of H-pyrrole nitrogens is 1. The number of carboxylic acids is 1. The normalized spacial score (nSPS) is 14.1. The zero-order valence-electron chi connectivity index (χ0n) is 20.0. The van der Waals surface area contributed by atoms with Gasteiger partial charge in [-0.3, -0.25) is 19.4 Å². The van der Waals surface area contributed by atoms with Crippen LogP contribution in [0.3, 0.4) is 0 Å². The molecule has 4 unspecified atom stereocenters. The average Bonchev–Trinajstić information content (AvgIpc) is 3.34. The Bertz CT molecular complexity index is 881. The van der Waals surface area contributed by atoms with Crippen molar-refractivity contribution in [3.05, 3.63) is 18.2 Å². The monoisotopic (exact) mass is 545 g/mol. The number of imidazole rings is 1. The van der Waals surface area contributed by atoms with E-state index in [9.17, 15) is 24.3 Å². The van der Waals surface area contributed by atoms with E-state index in [-0.39, 0.29) is 24.6 Å². The maximum atomic E-state index is 13.1. The number of aliphatic carboxylic acids is 1. The number of carboxylic acid groups (broad SMARTS) is 1. The summed E-state index contributed by atoms with van der Waals surface area (Å²) in [7, 11) is 0. The van der Waals surface area contributed by atoms with Gasteiger partial charge in [0, 0.05) is 30.6 Å². The largest absolute Gasteiger partial charge is 0.480 e. The number of carbonyl (C=O) groups excluding carboxylic acids is 3. The third-order valence-electron chi connectivity index (χ3n) is 4.96. The lowest BCUT2D eigenvalue weighted by atomic mass is 10.1. The van der Waals surface area contributed by atoms with E-state index in [0.29, 0.717) is 30.8 Å². The van der Waals surface area contributed by atoms with Gasteiger partial charge in [-0.25, -0.2) is 9.78 Å². The van der Waals surface area contributed by atoms with Crippen molar-refractivity contribution in [1.82, 2.24) is 25.9 Å². The minimum Gasteiger partial charge on any atom is -0.480 e. The summed E-state index contributed by atoms with van der Waals surface area (Å²) in [5.74, 6) is -2.76. The van der Waals surface area contributed by atoms with E-state index < -0.39 is 47.9 Å². The first kappa shape index (κ1) is 31.1. The van der Waals surface area contributed by atoms with Crippen LogP contribution in [0, 0.1) is 0 Å². The number of hydrogen-bond donors (Lipinski definition) is 9. The van der Waals surface area contributed by atoms with Crippen molar-refractivity contribution in [3.63, 3.8) is 0 Å². The molecule has 1 aromatic heterocycles. The fourth-order valence-electron chi connectivity index (χ4n) is 2.99. The highest BCUT2D eigenvalue weighted by molar-refractivity contribution is 7.98. The van der Waals surface area contributed by atoms with Crippen LogP contribution < -0.4 is 33.2 Å². The number of hydrogen-bond acceptors (Lipinski definition) is 9. The number of thioether (sulfide) groups is 1. The Morgan fingerprint density at radius 1 is 1.11 bits per heavy atom. The summed E-state index contributed by atoms with van der Waals surface area (Å²) in [6.07, 6.45) is 5.81. The Morgan fingerprint density at radius 3 is 2.31 bits per heavy atom. The second kappa shape index (κ2) is 16.6. The molecule has 0 saturated carbocycles. The van der Waals surface area contributed by atoms with Crippen LogP contribution in [0.1, 0.15) is 25.0 Å². The van der Waals surface area contributed by atoms with Crippen LogP contribution in [0.5, 0.6) is 0 Å². The summed E-state index contributed by atoms with van der Waals surface area (Å²) in [5.41, 5.74) is 17.0. The van der Waals surface area contributed by atoms with Gasteiger partial charge in [-0.2, -0.15) is 24.4 Å². The van der Waals surface area contributed by atoms with Gasteiger partial charge in [0.05, 0.1) is 12.4 Å². The van der Waals surface area contributed by atoms with Gasteiger partial charge in [-0.15, -0.1) is 0 Å². The molecular formula is C20H35N9O5S2. The summed E-state index contributed by atoms with van der Waals surface area (Å²) < 4.78 is 0. The third kappa shape index (κ3) is 11.6. The van der Waals surface area contributed by atoms with E-state index in [1.165, 1.54) is 24.3 Å². The number of carbonyl (C=O) groups is 4. The predicted octanol–water partition coefficient (Wildman–Crippen LogP) is -2.44. The molecule has 11 N–H and O–H groups in total. The molecule has 0 radical (unpaired) electrons. The van der Waals surface area contributed by atoms with Gasteiger partial charge < -0.3 is 43.2 Å². The van der Waals surface area contributed by atoms with Crippen LogP contribution in [0.15, 0.2) is 17.5 Å². The number of guanidine groups is 1. The lowest BCUT2D eigenvalue weighted by Gasteiger charge is -2.24. The molecule has 0 saturated heterocycles. The first-order valence-corrected chi connectivity index (χ1v) is 13.1. The van der Waals surface area contributed by atoms with Crippen LogP contribution >= 0.6 is 24.4 Å². The summed E-state index contributed by atoms with van der Waals surface area (Å²) >= 11 is 5.42. The Hall–Kier alpha value is -2.98. The number of aromatic nitrogens is 2. The fourth-order valence-corrected chi connectivity index (χ4v) is 3.71. The summed E-state index contributed by atoms with van der Waals surface area (Å²) in [5, 5.41) is 16.8. The van der Waals surface area contributed by atoms with Crippen molar-refractivity contribution < 1.29 is 24.3 Å². The van der Waals surface area contributed by atoms with Crippen molar-refractivity contribution in [2.45, 2.75) is 49.9 Å². The van der Waals surface area contributed by atoms with Gasteiger partial charge in [-0.1, -0.05) is 0 Å².